The van der Waals surface area contributed by atoms with E-state index >= 15 is 0 Å². The summed E-state index contributed by atoms with van der Waals surface area (Å²) >= 11 is 9.26. The molecule has 0 radical (unpaired) electrons. The highest BCUT2D eigenvalue weighted by atomic mass is 127. The summed E-state index contributed by atoms with van der Waals surface area (Å²) in [6, 6.07) is 10.9. The molecule has 0 spiro atoms. The molecule has 8 heteroatoms. The highest BCUT2D eigenvalue weighted by Crippen LogP contribution is 2.38. The fourth-order valence-electron chi connectivity index (χ4n) is 2.75. The zero-order valence-corrected chi connectivity index (χ0v) is 19.6. The first kappa shape index (κ1) is 22.0. The van der Waals surface area contributed by atoms with Crippen LogP contribution in [0.1, 0.15) is 24.5 Å². The van der Waals surface area contributed by atoms with Crippen LogP contribution in [0.3, 0.4) is 0 Å². The fraction of sp³-hybridized carbons (Fsp3) is 0.238. The van der Waals surface area contributed by atoms with Crippen molar-refractivity contribution in [3.05, 3.63) is 61.0 Å². The van der Waals surface area contributed by atoms with E-state index in [4.69, 9.17) is 21.1 Å². The summed E-state index contributed by atoms with van der Waals surface area (Å²) in [5.74, 6) is 0.936. The van der Waals surface area contributed by atoms with Crippen LogP contribution in [0.4, 0.5) is 4.79 Å². The van der Waals surface area contributed by atoms with Crippen LogP contribution in [0.15, 0.2) is 41.3 Å². The molecule has 0 aliphatic carbocycles. The molecule has 152 valence electrons. The van der Waals surface area contributed by atoms with Gasteiger partial charge in [0, 0.05) is 5.02 Å². The third-order valence-corrected chi connectivity index (χ3v) is 6.24. The predicted octanol–water partition coefficient (Wildman–Crippen LogP) is 5.98. The molecule has 0 unspecified atom stereocenters. The minimum absolute atomic E-state index is 0.145. The van der Waals surface area contributed by atoms with Crippen molar-refractivity contribution >= 4 is 63.2 Å². The maximum atomic E-state index is 12.8. The number of hydrogen-bond donors (Lipinski definition) is 0. The van der Waals surface area contributed by atoms with Crippen molar-refractivity contribution in [2.75, 3.05) is 13.7 Å². The van der Waals surface area contributed by atoms with Gasteiger partial charge in [-0.1, -0.05) is 36.7 Å². The van der Waals surface area contributed by atoms with E-state index in [1.54, 1.807) is 31.4 Å². The van der Waals surface area contributed by atoms with Gasteiger partial charge < -0.3 is 9.47 Å². The second-order valence-electron chi connectivity index (χ2n) is 6.24. The monoisotopic (exact) mass is 543 g/mol. The summed E-state index contributed by atoms with van der Waals surface area (Å²) in [4.78, 5) is 26.8. The number of carbonyl (C=O) groups excluding carboxylic acids is 2. The number of carbonyl (C=O) groups is 2. The third kappa shape index (κ3) is 5.07. The highest BCUT2D eigenvalue weighted by Gasteiger charge is 2.35. The van der Waals surface area contributed by atoms with Crippen LogP contribution in [0.5, 0.6) is 11.5 Å². The Labute approximate surface area is 192 Å². The second kappa shape index (κ2) is 9.86. The summed E-state index contributed by atoms with van der Waals surface area (Å²) in [5, 5.41) is 0.211. The maximum absolute atomic E-state index is 12.8. The van der Waals surface area contributed by atoms with E-state index in [1.807, 2.05) is 25.1 Å². The van der Waals surface area contributed by atoms with E-state index < -0.39 is 0 Å². The number of imide groups is 1. The Hall–Kier alpha value is -1.71. The van der Waals surface area contributed by atoms with Crippen molar-refractivity contribution in [1.82, 2.24) is 4.90 Å². The van der Waals surface area contributed by atoms with Crippen molar-refractivity contribution in [2.24, 2.45) is 0 Å². The van der Waals surface area contributed by atoms with Crippen molar-refractivity contribution in [3.8, 4) is 11.5 Å². The van der Waals surface area contributed by atoms with Gasteiger partial charge in [0.05, 0.1) is 28.7 Å². The fourth-order valence-corrected chi connectivity index (χ4v) is 4.57. The molecule has 2 amide bonds. The highest BCUT2D eigenvalue weighted by molar-refractivity contribution is 14.1. The molecule has 3 rings (SSSR count). The lowest BCUT2D eigenvalue weighted by Gasteiger charge is -2.14. The van der Waals surface area contributed by atoms with Gasteiger partial charge >= 0.3 is 0 Å². The Balaban J connectivity index is 1.85. The normalized spacial score (nSPS) is 15.3. The van der Waals surface area contributed by atoms with Crippen molar-refractivity contribution in [1.29, 1.82) is 0 Å². The van der Waals surface area contributed by atoms with E-state index in [-0.39, 0.29) is 17.7 Å². The number of rotatable bonds is 7. The number of benzene rings is 2. The number of thioether (sulfide) groups is 1. The summed E-state index contributed by atoms with van der Waals surface area (Å²) in [5.41, 5.74) is 1.49. The molecular weight excluding hydrogens is 525 g/mol. The molecule has 5 nitrogen and oxygen atoms in total. The summed E-state index contributed by atoms with van der Waals surface area (Å²) in [6.45, 7) is 2.77. The van der Waals surface area contributed by atoms with Gasteiger partial charge in [0.2, 0.25) is 0 Å². The number of methoxy groups -OCH3 is 1. The molecular formula is C21H19ClINO4S. The van der Waals surface area contributed by atoms with E-state index in [2.05, 4.69) is 22.6 Å². The third-order valence-electron chi connectivity index (χ3n) is 4.16. The number of halogens is 2. The van der Waals surface area contributed by atoms with Gasteiger partial charge in [0.1, 0.15) is 0 Å². The molecule has 0 N–H and O–H groups in total. The van der Waals surface area contributed by atoms with E-state index in [0.717, 1.165) is 32.9 Å². The molecule has 1 heterocycles. The van der Waals surface area contributed by atoms with E-state index in [0.29, 0.717) is 28.0 Å². The van der Waals surface area contributed by atoms with Crippen LogP contribution in [-0.4, -0.2) is 29.8 Å². The Morgan fingerprint density at radius 1 is 1.24 bits per heavy atom. The van der Waals surface area contributed by atoms with Gasteiger partial charge in [-0.2, -0.15) is 0 Å². The molecule has 2 aromatic carbocycles. The molecule has 1 aliphatic rings. The minimum Gasteiger partial charge on any atom is -0.493 e. The number of amides is 2. The van der Waals surface area contributed by atoms with Crippen LogP contribution in [0, 0.1) is 3.57 Å². The summed E-state index contributed by atoms with van der Waals surface area (Å²) in [7, 11) is 1.57. The Morgan fingerprint density at radius 3 is 2.69 bits per heavy atom. The average Bonchev–Trinajstić information content (AvgIpc) is 2.95. The smallest absolute Gasteiger partial charge is 0.293 e. The zero-order chi connectivity index (χ0) is 21.0. The van der Waals surface area contributed by atoms with Gasteiger partial charge in [-0.3, -0.25) is 14.5 Å². The lowest BCUT2D eigenvalue weighted by atomic mass is 10.1. The number of hydrogen-bond acceptors (Lipinski definition) is 5. The Kier molecular flexibility index (Phi) is 7.48. The molecule has 0 aromatic heterocycles. The Bertz CT molecular complexity index is 979. The maximum Gasteiger partial charge on any atom is 0.293 e. The largest absolute Gasteiger partial charge is 0.493 e. The van der Waals surface area contributed by atoms with Gasteiger partial charge in [0.15, 0.2) is 11.5 Å². The molecule has 0 saturated carbocycles. The van der Waals surface area contributed by atoms with Crippen LogP contribution in [-0.2, 0) is 11.3 Å². The Morgan fingerprint density at radius 2 is 2.00 bits per heavy atom. The standard InChI is InChI=1S/C21H19ClINO4S/c1-3-8-28-19-16(23)9-13(10-17(19)27-2)11-18-20(25)24(21(26)29-18)12-14-6-4-5-7-15(14)22/h4-7,9-11H,3,8,12H2,1-2H3/b18-11-. The molecule has 1 aliphatic heterocycles. The first-order valence-corrected chi connectivity index (χ1v) is 11.2. The summed E-state index contributed by atoms with van der Waals surface area (Å²) < 4.78 is 12.1. The van der Waals surface area contributed by atoms with Crippen molar-refractivity contribution in [2.45, 2.75) is 19.9 Å². The molecule has 0 bridgehead atoms. The summed E-state index contributed by atoms with van der Waals surface area (Å²) in [6.07, 6.45) is 2.59. The number of nitrogens with zero attached hydrogens (tertiary/aromatic N) is 1. The molecule has 0 atom stereocenters. The minimum atomic E-state index is -0.333. The first-order chi connectivity index (χ1) is 13.9. The van der Waals surface area contributed by atoms with Crippen LogP contribution in [0.25, 0.3) is 6.08 Å². The van der Waals surface area contributed by atoms with Crippen LogP contribution < -0.4 is 9.47 Å². The second-order valence-corrected chi connectivity index (χ2v) is 8.80. The predicted molar refractivity (Wildman–Crippen MR) is 124 cm³/mol. The molecule has 1 saturated heterocycles. The molecule has 1 fully saturated rings. The van der Waals surface area contributed by atoms with Crippen LogP contribution >= 0.6 is 46.0 Å². The average molecular weight is 544 g/mol. The van der Waals surface area contributed by atoms with Gasteiger partial charge in [-0.05, 0) is 76.2 Å². The van der Waals surface area contributed by atoms with Crippen molar-refractivity contribution < 1.29 is 19.1 Å². The van der Waals surface area contributed by atoms with Crippen LogP contribution in [0.2, 0.25) is 5.02 Å². The van der Waals surface area contributed by atoms with Gasteiger partial charge in [-0.15, -0.1) is 0 Å². The molecule has 2 aromatic rings. The first-order valence-electron chi connectivity index (χ1n) is 8.93. The van der Waals surface area contributed by atoms with Gasteiger partial charge in [0.25, 0.3) is 11.1 Å². The zero-order valence-electron chi connectivity index (χ0n) is 15.9. The molecule has 29 heavy (non-hydrogen) atoms. The van der Waals surface area contributed by atoms with E-state index in [9.17, 15) is 9.59 Å². The topological polar surface area (TPSA) is 55.8 Å². The number of ether oxygens (including phenoxy) is 2. The SMILES string of the molecule is CCCOc1c(I)cc(/C=C2\SC(=O)N(Cc3ccccc3Cl)C2=O)cc1OC. The van der Waals surface area contributed by atoms with Crippen molar-refractivity contribution in [3.63, 3.8) is 0 Å². The quantitative estimate of drug-likeness (QED) is 0.318. The van der Waals surface area contributed by atoms with Gasteiger partial charge in [-0.25, -0.2) is 0 Å². The lowest BCUT2D eigenvalue weighted by Crippen LogP contribution is -2.27. The van der Waals surface area contributed by atoms with E-state index in [1.165, 1.54) is 4.90 Å². The lowest BCUT2D eigenvalue weighted by molar-refractivity contribution is -0.123.